The van der Waals surface area contributed by atoms with Crippen LogP contribution in [-0.2, 0) is 0 Å². The monoisotopic (exact) mass is 235 g/mol. The van der Waals surface area contributed by atoms with E-state index in [4.69, 9.17) is 5.73 Å². The highest BCUT2D eigenvalue weighted by molar-refractivity contribution is 5.89. The number of halogens is 1. The van der Waals surface area contributed by atoms with E-state index < -0.39 is 5.82 Å². The summed E-state index contributed by atoms with van der Waals surface area (Å²) in [6.07, 6.45) is 2.78. The van der Waals surface area contributed by atoms with E-state index >= 15 is 0 Å². The van der Waals surface area contributed by atoms with Crippen molar-refractivity contribution in [3.05, 3.63) is 29.6 Å². The second-order valence-corrected chi connectivity index (χ2v) is 4.01. The summed E-state index contributed by atoms with van der Waals surface area (Å²) in [5.74, 6) is 0.391. The highest BCUT2D eigenvalue weighted by atomic mass is 19.1. The van der Waals surface area contributed by atoms with E-state index in [-0.39, 0.29) is 11.7 Å². The van der Waals surface area contributed by atoms with Crippen molar-refractivity contribution in [2.75, 3.05) is 6.54 Å². The lowest BCUT2D eigenvalue weighted by Crippen LogP contribution is -2.14. The first-order valence-corrected chi connectivity index (χ1v) is 5.46. The molecule has 3 N–H and O–H groups in total. The molecule has 0 bridgehead atoms. The van der Waals surface area contributed by atoms with Gasteiger partial charge < -0.3 is 10.8 Å². The summed E-state index contributed by atoms with van der Waals surface area (Å²) in [5.41, 5.74) is 5.97. The van der Waals surface area contributed by atoms with Crippen molar-refractivity contribution in [3.63, 3.8) is 0 Å². The number of hydrogen-bond acceptors (Lipinski definition) is 3. The van der Waals surface area contributed by atoms with Gasteiger partial charge in [-0.1, -0.05) is 0 Å². The fourth-order valence-corrected chi connectivity index (χ4v) is 1.98. The largest absolute Gasteiger partial charge is 0.508 e. The second kappa shape index (κ2) is 4.95. The van der Waals surface area contributed by atoms with E-state index in [1.165, 1.54) is 12.4 Å². The Labute approximate surface area is 98.7 Å². The molecule has 0 aliphatic carbocycles. The van der Waals surface area contributed by atoms with Crippen LogP contribution in [0, 0.1) is 5.82 Å². The Morgan fingerprint density at radius 2 is 2.29 bits per heavy atom. The molecule has 17 heavy (non-hydrogen) atoms. The number of nitrogens with zero attached hydrogens (tertiary/aromatic N) is 2. The van der Waals surface area contributed by atoms with Crippen molar-refractivity contribution >= 4 is 12.2 Å². The summed E-state index contributed by atoms with van der Waals surface area (Å²) in [6.45, 7) is 0.551. The molecule has 0 fully saturated rings. The lowest BCUT2D eigenvalue weighted by atomic mass is 9.92. The molecule has 0 radical (unpaired) electrons. The molecule has 1 aliphatic rings. The lowest BCUT2D eigenvalue weighted by molar-refractivity contribution is 0.466. The van der Waals surface area contributed by atoms with E-state index in [1.807, 2.05) is 0 Å². The standard InChI is InChI=1S/C12H14FN3O/c13-10-3-9(4-11(17)5-10)8-1-2-12(15-6-8)16-7-14/h3-5,7-8,17H,1-2,6H2,(H2,14,15,16). The molecule has 1 aromatic carbocycles. The third-order valence-electron chi connectivity index (χ3n) is 2.81. The highest BCUT2D eigenvalue weighted by Crippen LogP contribution is 2.28. The zero-order chi connectivity index (χ0) is 12.3. The zero-order valence-electron chi connectivity index (χ0n) is 9.31. The smallest absolute Gasteiger partial charge is 0.127 e. The van der Waals surface area contributed by atoms with Crippen LogP contribution in [0.2, 0.25) is 0 Å². The summed E-state index contributed by atoms with van der Waals surface area (Å²) in [7, 11) is 0. The van der Waals surface area contributed by atoms with Gasteiger partial charge in [0, 0.05) is 24.9 Å². The minimum Gasteiger partial charge on any atom is -0.508 e. The van der Waals surface area contributed by atoms with E-state index in [0.717, 1.165) is 30.3 Å². The fourth-order valence-electron chi connectivity index (χ4n) is 1.98. The summed E-state index contributed by atoms with van der Waals surface area (Å²) in [6, 6.07) is 4.12. The number of nitrogens with two attached hydrogens (primary N) is 1. The fraction of sp³-hybridized carbons (Fsp3) is 0.333. The summed E-state index contributed by atoms with van der Waals surface area (Å²) in [5, 5.41) is 9.34. The van der Waals surface area contributed by atoms with Crippen LogP contribution in [0.25, 0.3) is 0 Å². The normalized spacial score (nSPS) is 20.5. The summed E-state index contributed by atoms with van der Waals surface area (Å²) >= 11 is 0. The number of phenols is 1. The first-order valence-electron chi connectivity index (χ1n) is 5.46. The third kappa shape index (κ3) is 2.81. The summed E-state index contributed by atoms with van der Waals surface area (Å²) < 4.78 is 13.1. The molecule has 1 unspecified atom stereocenters. The molecule has 0 aromatic heterocycles. The molecule has 2 rings (SSSR count). The van der Waals surface area contributed by atoms with Crippen molar-refractivity contribution in [3.8, 4) is 5.75 Å². The molecule has 0 spiro atoms. The minimum absolute atomic E-state index is 0.0465. The van der Waals surface area contributed by atoms with E-state index in [1.54, 1.807) is 6.07 Å². The Kier molecular flexibility index (Phi) is 3.37. The first kappa shape index (κ1) is 11.6. The van der Waals surface area contributed by atoms with Gasteiger partial charge in [0.2, 0.25) is 0 Å². The molecule has 1 heterocycles. The second-order valence-electron chi connectivity index (χ2n) is 4.01. The molecule has 0 saturated heterocycles. The number of amidine groups is 1. The quantitative estimate of drug-likeness (QED) is 0.575. The van der Waals surface area contributed by atoms with Gasteiger partial charge in [0.25, 0.3) is 0 Å². The van der Waals surface area contributed by atoms with Gasteiger partial charge in [-0.3, -0.25) is 4.99 Å². The van der Waals surface area contributed by atoms with Crippen molar-refractivity contribution in [1.82, 2.24) is 0 Å². The van der Waals surface area contributed by atoms with Gasteiger partial charge in [0.05, 0.1) is 6.34 Å². The molecular formula is C12H14FN3O. The predicted molar refractivity (Wildman–Crippen MR) is 65.0 cm³/mol. The molecule has 4 nitrogen and oxygen atoms in total. The number of rotatable bonds is 1. The molecule has 1 aliphatic heterocycles. The average Bonchev–Trinajstić information content (AvgIpc) is 2.29. The third-order valence-corrected chi connectivity index (χ3v) is 2.81. The van der Waals surface area contributed by atoms with Crippen molar-refractivity contribution in [2.45, 2.75) is 18.8 Å². The molecular weight excluding hydrogens is 221 g/mol. The molecule has 1 atom stereocenters. The van der Waals surface area contributed by atoms with E-state index in [2.05, 4.69) is 9.98 Å². The van der Waals surface area contributed by atoms with Gasteiger partial charge >= 0.3 is 0 Å². The Morgan fingerprint density at radius 1 is 1.47 bits per heavy atom. The predicted octanol–water partition coefficient (Wildman–Crippen LogP) is 1.79. The van der Waals surface area contributed by atoms with Crippen LogP contribution in [0.1, 0.15) is 24.3 Å². The molecule has 0 saturated carbocycles. The van der Waals surface area contributed by atoms with Crippen molar-refractivity contribution < 1.29 is 9.50 Å². The minimum atomic E-state index is -0.422. The van der Waals surface area contributed by atoms with Gasteiger partial charge in [-0.2, -0.15) is 0 Å². The number of hydrogen-bond donors (Lipinski definition) is 2. The number of aliphatic imine (C=N–C) groups is 2. The Balaban J connectivity index is 2.15. The van der Waals surface area contributed by atoms with Gasteiger partial charge in [0.1, 0.15) is 17.4 Å². The van der Waals surface area contributed by atoms with Crippen molar-refractivity contribution in [1.29, 1.82) is 0 Å². The SMILES string of the molecule is NC=NC1=NCC(c2cc(O)cc(F)c2)CC1. The van der Waals surface area contributed by atoms with Crippen LogP contribution < -0.4 is 5.73 Å². The Bertz CT molecular complexity index is 451. The van der Waals surface area contributed by atoms with Crippen LogP contribution in [0.4, 0.5) is 4.39 Å². The van der Waals surface area contributed by atoms with Crippen LogP contribution in [0.3, 0.4) is 0 Å². The maximum absolute atomic E-state index is 13.1. The topological polar surface area (TPSA) is 71.0 Å². The van der Waals surface area contributed by atoms with Gasteiger partial charge in [0.15, 0.2) is 0 Å². The van der Waals surface area contributed by atoms with Gasteiger partial charge in [-0.15, -0.1) is 0 Å². The average molecular weight is 235 g/mol. The van der Waals surface area contributed by atoms with E-state index in [9.17, 15) is 9.50 Å². The van der Waals surface area contributed by atoms with Gasteiger partial charge in [-0.05, 0) is 24.1 Å². The summed E-state index contributed by atoms with van der Waals surface area (Å²) in [4.78, 5) is 8.20. The number of benzene rings is 1. The van der Waals surface area contributed by atoms with Crippen LogP contribution in [0.5, 0.6) is 5.75 Å². The zero-order valence-corrected chi connectivity index (χ0v) is 9.31. The van der Waals surface area contributed by atoms with Gasteiger partial charge in [-0.25, -0.2) is 9.38 Å². The molecule has 90 valence electrons. The highest BCUT2D eigenvalue weighted by Gasteiger charge is 2.18. The van der Waals surface area contributed by atoms with Crippen LogP contribution >= 0.6 is 0 Å². The Hall–Kier alpha value is -1.91. The number of phenolic OH excluding ortho intramolecular Hbond substituents is 1. The first-order chi connectivity index (χ1) is 8.19. The molecule has 0 amide bonds. The molecule has 1 aromatic rings. The van der Waals surface area contributed by atoms with E-state index in [0.29, 0.717) is 6.54 Å². The maximum atomic E-state index is 13.1. The van der Waals surface area contributed by atoms with Crippen LogP contribution in [-0.4, -0.2) is 23.8 Å². The van der Waals surface area contributed by atoms with Crippen molar-refractivity contribution in [2.24, 2.45) is 15.7 Å². The maximum Gasteiger partial charge on any atom is 0.127 e. The Morgan fingerprint density at radius 3 is 2.88 bits per heavy atom. The van der Waals surface area contributed by atoms with Crippen LogP contribution in [0.15, 0.2) is 28.2 Å². The lowest BCUT2D eigenvalue weighted by Gasteiger charge is -2.19. The number of aromatic hydroxyl groups is 1. The molecule has 5 heteroatoms.